The van der Waals surface area contributed by atoms with Crippen LogP contribution in [0.4, 0.5) is 0 Å². The fourth-order valence-electron chi connectivity index (χ4n) is 7.61. The maximum Gasteiger partial charge on any atom is 0.0645 e. The molecule has 0 amide bonds. The molecule has 0 radical (unpaired) electrons. The van der Waals surface area contributed by atoms with Crippen LogP contribution < -0.4 is 0 Å². The Bertz CT molecular complexity index is 701. The maximum atomic E-state index is 10.0. The maximum absolute atomic E-state index is 10.0. The lowest BCUT2D eigenvalue weighted by atomic mass is 9.61. The lowest BCUT2D eigenvalue weighted by Crippen LogP contribution is -2.53. The summed E-state index contributed by atoms with van der Waals surface area (Å²) in [6.07, 6.45) is 13.7. The first kappa shape index (κ1) is 24.4. The number of nitrogens with zero attached hydrogens (tertiary/aromatic N) is 1. The Morgan fingerprint density at radius 2 is 1.88 bits per heavy atom. The van der Waals surface area contributed by atoms with Crippen molar-refractivity contribution < 1.29 is 14.9 Å². The second-order valence-electron chi connectivity index (χ2n) is 12.2. The molecular formula is C28H47NO3. The third-order valence-electron chi connectivity index (χ3n) is 9.47. The smallest absolute Gasteiger partial charge is 0.0645 e. The van der Waals surface area contributed by atoms with Crippen LogP contribution in [0.1, 0.15) is 85.5 Å². The minimum atomic E-state index is -0.381. The molecule has 0 aromatic heterocycles. The van der Waals surface area contributed by atoms with E-state index in [1.54, 1.807) is 5.57 Å². The molecule has 0 spiro atoms. The minimum absolute atomic E-state index is 0.161. The van der Waals surface area contributed by atoms with Gasteiger partial charge in [0.2, 0.25) is 0 Å². The topological polar surface area (TPSA) is 52.9 Å². The molecule has 1 aliphatic heterocycles. The first-order valence-electron chi connectivity index (χ1n) is 13.3. The molecular weight excluding hydrogens is 398 g/mol. The van der Waals surface area contributed by atoms with Gasteiger partial charge in [-0.25, -0.2) is 0 Å². The van der Waals surface area contributed by atoms with Gasteiger partial charge in [0.15, 0.2) is 0 Å². The predicted octanol–water partition coefficient (Wildman–Crippen LogP) is 5.10. The third-order valence-corrected chi connectivity index (χ3v) is 9.47. The number of rotatable bonds is 5. The van der Waals surface area contributed by atoms with Crippen LogP contribution in [0, 0.1) is 23.2 Å². The molecule has 4 aliphatic rings. The predicted molar refractivity (Wildman–Crippen MR) is 130 cm³/mol. The van der Waals surface area contributed by atoms with E-state index >= 15 is 0 Å². The molecule has 3 saturated carbocycles. The molecule has 2 N–H and O–H groups in total. The fourth-order valence-corrected chi connectivity index (χ4v) is 7.61. The van der Waals surface area contributed by atoms with Crippen molar-refractivity contribution in [2.75, 3.05) is 26.3 Å². The van der Waals surface area contributed by atoms with Crippen molar-refractivity contribution in [2.45, 2.75) is 103 Å². The van der Waals surface area contributed by atoms with Crippen LogP contribution in [-0.2, 0) is 4.74 Å². The monoisotopic (exact) mass is 445 g/mol. The molecule has 6 atom stereocenters. The van der Waals surface area contributed by atoms with E-state index in [4.69, 9.17) is 4.74 Å². The van der Waals surface area contributed by atoms with E-state index in [-0.39, 0.29) is 17.7 Å². The first-order chi connectivity index (χ1) is 15.2. The second-order valence-corrected chi connectivity index (χ2v) is 12.2. The van der Waals surface area contributed by atoms with E-state index < -0.39 is 0 Å². The van der Waals surface area contributed by atoms with Gasteiger partial charge in [-0.05, 0) is 101 Å². The molecule has 4 rings (SSSR count). The van der Waals surface area contributed by atoms with Crippen LogP contribution in [0.2, 0.25) is 0 Å². The van der Waals surface area contributed by atoms with Gasteiger partial charge in [0, 0.05) is 12.1 Å². The van der Waals surface area contributed by atoms with Gasteiger partial charge in [-0.3, -0.25) is 4.90 Å². The number of aliphatic hydroxyl groups excluding tert-OH is 2. The summed E-state index contributed by atoms with van der Waals surface area (Å²) < 4.78 is 5.72. The molecule has 182 valence electrons. The zero-order chi connectivity index (χ0) is 22.9. The average Bonchev–Trinajstić information content (AvgIpc) is 3.08. The van der Waals surface area contributed by atoms with Gasteiger partial charge in [-0.1, -0.05) is 37.1 Å². The molecule has 1 heterocycles. The molecule has 3 aliphatic carbocycles. The number of hydrogen-bond acceptors (Lipinski definition) is 4. The van der Waals surface area contributed by atoms with Crippen LogP contribution in [0.3, 0.4) is 0 Å². The molecule has 4 heteroatoms. The fraction of sp³-hybridized carbons (Fsp3) is 0.857. The highest BCUT2D eigenvalue weighted by molar-refractivity contribution is 5.26. The summed E-state index contributed by atoms with van der Waals surface area (Å²) in [4.78, 5) is 2.65. The highest BCUT2D eigenvalue weighted by atomic mass is 16.5. The number of aliphatic hydroxyl groups is 2. The zero-order valence-corrected chi connectivity index (χ0v) is 21.0. The van der Waals surface area contributed by atoms with Gasteiger partial charge >= 0.3 is 0 Å². The highest BCUT2D eigenvalue weighted by Crippen LogP contribution is 2.59. The Hall–Kier alpha value is -0.680. The molecule has 32 heavy (non-hydrogen) atoms. The van der Waals surface area contributed by atoms with Crippen LogP contribution >= 0.6 is 0 Å². The van der Waals surface area contributed by atoms with Crippen molar-refractivity contribution >= 4 is 0 Å². The number of ether oxygens (including phenoxy) is 1. The highest BCUT2D eigenvalue weighted by Gasteiger charge is 2.50. The van der Waals surface area contributed by atoms with Crippen LogP contribution in [-0.4, -0.2) is 59.2 Å². The molecule has 0 unspecified atom stereocenters. The number of hydrogen-bond donors (Lipinski definition) is 2. The SMILES string of the molecule is C[C@H](CCN1CCOCC1(C)C)[C@H]1CC[C@H]2/C(=C/C=C3C[C@@H](O)C[C@H](O)C3)CCC[C@]12C. The van der Waals surface area contributed by atoms with Crippen molar-refractivity contribution in [3.05, 3.63) is 23.3 Å². The summed E-state index contributed by atoms with van der Waals surface area (Å²) in [6, 6.07) is 0. The van der Waals surface area contributed by atoms with E-state index in [2.05, 4.69) is 44.7 Å². The number of allylic oxidation sites excluding steroid dienone is 3. The van der Waals surface area contributed by atoms with Crippen molar-refractivity contribution in [1.82, 2.24) is 4.90 Å². The summed E-state index contributed by atoms with van der Waals surface area (Å²) in [5.74, 6) is 2.27. The summed E-state index contributed by atoms with van der Waals surface area (Å²) in [6.45, 7) is 13.7. The van der Waals surface area contributed by atoms with Crippen LogP contribution in [0.5, 0.6) is 0 Å². The molecule has 4 nitrogen and oxygen atoms in total. The average molecular weight is 446 g/mol. The van der Waals surface area contributed by atoms with E-state index in [0.717, 1.165) is 44.4 Å². The quantitative estimate of drug-likeness (QED) is 0.618. The summed E-state index contributed by atoms with van der Waals surface area (Å²) in [5.41, 5.74) is 3.43. The summed E-state index contributed by atoms with van der Waals surface area (Å²) in [5, 5.41) is 20.0. The molecule has 0 aromatic rings. The number of morpholine rings is 1. The Labute approximate surface area is 196 Å². The molecule has 1 saturated heterocycles. The largest absolute Gasteiger partial charge is 0.393 e. The normalized spacial score (nSPS) is 40.3. The van der Waals surface area contributed by atoms with Gasteiger partial charge in [0.1, 0.15) is 0 Å². The van der Waals surface area contributed by atoms with Gasteiger partial charge in [-0.2, -0.15) is 0 Å². The number of fused-ring (bicyclic) bond motifs is 1. The van der Waals surface area contributed by atoms with Crippen LogP contribution in [0.25, 0.3) is 0 Å². The Balaban J connectivity index is 1.40. The van der Waals surface area contributed by atoms with Crippen LogP contribution in [0.15, 0.2) is 23.3 Å². The van der Waals surface area contributed by atoms with Gasteiger partial charge in [0.25, 0.3) is 0 Å². The minimum Gasteiger partial charge on any atom is -0.393 e. The van der Waals surface area contributed by atoms with Gasteiger partial charge in [0.05, 0.1) is 25.4 Å². The van der Waals surface area contributed by atoms with E-state index in [9.17, 15) is 10.2 Å². The van der Waals surface area contributed by atoms with E-state index in [1.165, 1.54) is 50.6 Å². The first-order valence-corrected chi connectivity index (χ1v) is 13.3. The van der Waals surface area contributed by atoms with Crippen molar-refractivity contribution in [1.29, 1.82) is 0 Å². The van der Waals surface area contributed by atoms with Gasteiger partial charge in [-0.15, -0.1) is 0 Å². The molecule has 0 bridgehead atoms. The Morgan fingerprint density at radius 1 is 1.12 bits per heavy atom. The molecule has 0 aromatic carbocycles. The summed E-state index contributed by atoms with van der Waals surface area (Å²) >= 11 is 0. The Kier molecular flexibility index (Phi) is 7.56. The molecule has 4 fully saturated rings. The van der Waals surface area contributed by atoms with E-state index in [1.807, 2.05) is 0 Å². The van der Waals surface area contributed by atoms with E-state index in [0.29, 0.717) is 17.8 Å². The summed E-state index contributed by atoms with van der Waals surface area (Å²) in [7, 11) is 0. The standard InChI is InChI=1S/C28H47NO3/c1-20(11-13-29-14-15-32-19-27(29,2)3)25-9-10-26-22(6-5-12-28(25,26)4)8-7-21-16-23(30)18-24(31)17-21/h7-8,20,23-26,30-31H,5-6,9-19H2,1-4H3/b22-8+/t20-,23-,24-,25-,26+,28-/m1/s1. The third kappa shape index (κ3) is 5.19. The lowest BCUT2D eigenvalue weighted by Gasteiger charge is -2.46. The Morgan fingerprint density at radius 3 is 2.59 bits per heavy atom. The second kappa shape index (κ2) is 9.90. The zero-order valence-electron chi connectivity index (χ0n) is 21.0. The lowest BCUT2D eigenvalue weighted by molar-refractivity contribution is -0.0545. The van der Waals surface area contributed by atoms with Crippen molar-refractivity contribution in [3.63, 3.8) is 0 Å². The van der Waals surface area contributed by atoms with Gasteiger partial charge < -0.3 is 14.9 Å². The van der Waals surface area contributed by atoms with Crippen molar-refractivity contribution in [2.24, 2.45) is 23.2 Å². The van der Waals surface area contributed by atoms with Crippen molar-refractivity contribution in [3.8, 4) is 0 Å².